The van der Waals surface area contributed by atoms with Gasteiger partial charge in [0.05, 0.1) is 25.4 Å². The number of benzene rings is 1. The first-order valence-electron chi connectivity index (χ1n) is 6.43. The van der Waals surface area contributed by atoms with Gasteiger partial charge in [0.25, 0.3) is 5.91 Å². The van der Waals surface area contributed by atoms with Gasteiger partial charge in [0.15, 0.2) is 0 Å². The molecule has 0 aromatic heterocycles. The maximum absolute atomic E-state index is 12.4. The van der Waals surface area contributed by atoms with Gasteiger partial charge >= 0.3 is 0 Å². The molecule has 1 unspecified atom stereocenters. The average molecular weight is 264 g/mol. The molecule has 5 nitrogen and oxygen atoms in total. The fourth-order valence-electron chi connectivity index (χ4n) is 2.15. The second kappa shape index (κ2) is 6.54. The van der Waals surface area contributed by atoms with Crippen LogP contribution in [0.5, 0.6) is 5.75 Å². The topological polar surface area (TPSA) is 50.8 Å². The van der Waals surface area contributed by atoms with Crippen molar-refractivity contribution in [3.05, 3.63) is 29.8 Å². The smallest absolute Gasteiger partial charge is 0.257 e. The van der Waals surface area contributed by atoms with Gasteiger partial charge in [-0.3, -0.25) is 4.79 Å². The van der Waals surface area contributed by atoms with Crippen molar-refractivity contribution in [1.82, 2.24) is 10.2 Å². The summed E-state index contributed by atoms with van der Waals surface area (Å²) in [6.07, 6.45) is 0.0532. The lowest BCUT2D eigenvalue weighted by atomic mass is 10.1. The molecule has 0 saturated carbocycles. The molecule has 1 atom stereocenters. The normalized spacial score (nSPS) is 18.9. The van der Waals surface area contributed by atoms with E-state index in [9.17, 15) is 4.79 Å². The summed E-state index contributed by atoms with van der Waals surface area (Å²) in [4.78, 5) is 14.0. The molecule has 1 fully saturated rings. The van der Waals surface area contributed by atoms with E-state index in [2.05, 4.69) is 5.32 Å². The fourth-order valence-corrected chi connectivity index (χ4v) is 2.15. The number of nitrogens with one attached hydrogen (secondary N) is 1. The summed E-state index contributed by atoms with van der Waals surface area (Å²) in [6.45, 7) is 2.93. The fraction of sp³-hybridized carbons (Fsp3) is 0.500. The van der Waals surface area contributed by atoms with Gasteiger partial charge in [0, 0.05) is 26.7 Å². The first-order chi connectivity index (χ1) is 9.22. The molecule has 1 aliphatic rings. The van der Waals surface area contributed by atoms with Crippen molar-refractivity contribution in [2.24, 2.45) is 0 Å². The molecule has 2 rings (SSSR count). The van der Waals surface area contributed by atoms with Gasteiger partial charge in [-0.2, -0.15) is 0 Å². The van der Waals surface area contributed by atoms with Crippen LogP contribution in [0.3, 0.4) is 0 Å². The lowest BCUT2D eigenvalue weighted by molar-refractivity contribution is 0.0103. The molecular formula is C14H20N2O3. The summed E-state index contributed by atoms with van der Waals surface area (Å²) in [5, 5.41) is 3.25. The number of carbonyl (C=O) groups excluding carboxylic acids is 1. The molecule has 1 saturated heterocycles. The highest BCUT2D eigenvalue weighted by atomic mass is 16.5. The van der Waals surface area contributed by atoms with Crippen molar-refractivity contribution in [2.45, 2.75) is 6.10 Å². The Kier molecular flexibility index (Phi) is 4.76. The zero-order valence-corrected chi connectivity index (χ0v) is 11.4. The Balaban J connectivity index is 2.01. The minimum Gasteiger partial charge on any atom is -0.496 e. The highest BCUT2D eigenvalue weighted by Gasteiger charge is 2.21. The van der Waals surface area contributed by atoms with E-state index >= 15 is 0 Å². The molecule has 1 N–H and O–H groups in total. The van der Waals surface area contributed by atoms with Gasteiger partial charge < -0.3 is 19.7 Å². The zero-order valence-electron chi connectivity index (χ0n) is 11.4. The molecule has 0 bridgehead atoms. The Morgan fingerprint density at radius 3 is 3.00 bits per heavy atom. The van der Waals surface area contributed by atoms with E-state index < -0.39 is 0 Å². The number of nitrogens with zero attached hydrogens (tertiary/aromatic N) is 1. The molecule has 104 valence electrons. The third-order valence-electron chi connectivity index (χ3n) is 3.17. The van der Waals surface area contributed by atoms with Crippen LogP contribution in [0, 0.1) is 0 Å². The van der Waals surface area contributed by atoms with E-state index in [1.807, 2.05) is 12.1 Å². The van der Waals surface area contributed by atoms with Crippen molar-refractivity contribution in [2.75, 3.05) is 40.4 Å². The predicted octanol–water partition coefficient (Wildman–Crippen LogP) is 0.756. The maximum Gasteiger partial charge on any atom is 0.257 e. The minimum atomic E-state index is -0.0494. The monoisotopic (exact) mass is 264 g/mol. The summed E-state index contributed by atoms with van der Waals surface area (Å²) in [7, 11) is 3.35. The number of hydrogen-bond donors (Lipinski definition) is 1. The van der Waals surface area contributed by atoms with Crippen molar-refractivity contribution in [3.63, 3.8) is 0 Å². The molecule has 1 aromatic carbocycles. The van der Waals surface area contributed by atoms with Gasteiger partial charge in [-0.1, -0.05) is 12.1 Å². The quantitative estimate of drug-likeness (QED) is 0.872. The van der Waals surface area contributed by atoms with E-state index in [1.165, 1.54) is 0 Å². The molecule has 5 heteroatoms. The van der Waals surface area contributed by atoms with E-state index in [-0.39, 0.29) is 12.0 Å². The van der Waals surface area contributed by atoms with Crippen molar-refractivity contribution in [1.29, 1.82) is 0 Å². The molecule has 1 aromatic rings. The number of amides is 1. The predicted molar refractivity (Wildman–Crippen MR) is 72.6 cm³/mol. The molecule has 19 heavy (non-hydrogen) atoms. The minimum absolute atomic E-state index is 0.0494. The van der Waals surface area contributed by atoms with Crippen LogP contribution in [0.1, 0.15) is 10.4 Å². The number of hydrogen-bond acceptors (Lipinski definition) is 4. The number of likely N-dealkylation sites (N-methyl/N-ethyl adjacent to an activating group) is 1. The van der Waals surface area contributed by atoms with Gasteiger partial charge in [-0.25, -0.2) is 0 Å². The summed E-state index contributed by atoms with van der Waals surface area (Å²) in [6, 6.07) is 7.25. The molecule has 1 aliphatic heterocycles. The summed E-state index contributed by atoms with van der Waals surface area (Å²) < 4.78 is 10.8. The van der Waals surface area contributed by atoms with Crippen molar-refractivity contribution in [3.8, 4) is 5.75 Å². The average Bonchev–Trinajstić information content (AvgIpc) is 2.47. The Hall–Kier alpha value is -1.59. The standard InChI is InChI=1S/C14H20N2O3/c1-16(10-11-9-15-7-8-19-11)14(17)12-5-3-4-6-13(12)18-2/h3-6,11,15H,7-10H2,1-2H3. The molecule has 0 aliphatic carbocycles. The maximum atomic E-state index is 12.4. The SMILES string of the molecule is COc1ccccc1C(=O)N(C)CC1CNCCO1. The summed E-state index contributed by atoms with van der Waals surface area (Å²) >= 11 is 0. The summed E-state index contributed by atoms with van der Waals surface area (Å²) in [5.41, 5.74) is 0.580. The van der Waals surface area contributed by atoms with Crippen LogP contribution in [-0.2, 0) is 4.74 Å². The van der Waals surface area contributed by atoms with Gasteiger partial charge in [0.2, 0.25) is 0 Å². The lowest BCUT2D eigenvalue weighted by Gasteiger charge is -2.28. The second-order valence-electron chi connectivity index (χ2n) is 4.58. The van der Waals surface area contributed by atoms with E-state index in [0.29, 0.717) is 24.5 Å². The number of carbonyl (C=O) groups is 1. The van der Waals surface area contributed by atoms with Gasteiger partial charge in [-0.15, -0.1) is 0 Å². The second-order valence-corrected chi connectivity index (χ2v) is 4.58. The van der Waals surface area contributed by atoms with E-state index in [0.717, 1.165) is 13.1 Å². The largest absolute Gasteiger partial charge is 0.496 e. The number of para-hydroxylation sites is 1. The number of rotatable bonds is 4. The van der Waals surface area contributed by atoms with Crippen molar-refractivity contribution < 1.29 is 14.3 Å². The van der Waals surface area contributed by atoms with Crippen LogP contribution >= 0.6 is 0 Å². The third kappa shape index (κ3) is 3.45. The number of methoxy groups -OCH3 is 1. The molecule has 1 amide bonds. The van der Waals surface area contributed by atoms with Gasteiger partial charge in [0.1, 0.15) is 5.75 Å². The van der Waals surface area contributed by atoms with Crippen LogP contribution in [0.2, 0.25) is 0 Å². The Bertz CT molecular complexity index is 430. The highest BCUT2D eigenvalue weighted by molar-refractivity contribution is 5.96. The Labute approximate surface area is 113 Å². The first-order valence-corrected chi connectivity index (χ1v) is 6.43. The molecular weight excluding hydrogens is 244 g/mol. The summed E-state index contributed by atoms with van der Waals surface area (Å²) in [5.74, 6) is 0.550. The lowest BCUT2D eigenvalue weighted by Crippen LogP contribution is -2.45. The van der Waals surface area contributed by atoms with Crippen LogP contribution in [0.4, 0.5) is 0 Å². The van der Waals surface area contributed by atoms with Crippen molar-refractivity contribution >= 4 is 5.91 Å². The first kappa shape index (κ1) is 13.8. The highest BCUT2D eigenvalue weighted by Crippen LogP contribution is 2.19. The number of morpholine rings is 1. The van der Waals surface area contributed by atoms with Crippen LogP contribution in [0.25, 0.3) is 0 Å². The molecule has 0 radical (unpaired) electrons. The van der Waals surface area contributed by atoms with Crippen LogP contribution in [0.15, 0.2) is 24.3 Å². The third-order valence-corrected chi connectivity index (χ3v) is 3.17. The number of ether oxygens (including phenoxy) is 2. The Morgan fingerprint density at radius 2 is 2.32 bits per heavy atom. The van der Waals surface area contributed by atoms with E-state index in [1.54, 1.807) is 31.2 Å². The van der Waals surface area contributed by atoms with Crippen LogP contribution < -0.4 is 10.1 Å². The van der Waals surface area contributed by atoms with E-state index in [4.69, 9.17) is 9.47 Å². The molecule has 1 heterocycles. The Morgan fingerprint density at radius 1 is 1.53 bits per heavy atom. The molecule has 0 spiro atoms. The zero-order chi connectivity index (χ0) is 13.7. The van der Waals surface area contributed by atoms with Gasteiger partial charge in [-0.05, 0) is 12.1 Å². The van der Waals surface area contributed by atoms with Crippen LogP contribution in [-0.4, -0.2) is 57.3 Å².